The number of carbonyl (C=O) groups excluding carboxylic acids is 2. The minimum absolute atomic E-state index is 0.0682. The molecule has 8 nitrogen and oxygen atoms in total. The zero-order valence-electron chi connectivity index (χ0n) is 16.7. The fraction of sp³-hybridized carbons (Fsp3) is 0.0909. The minimum atomic E-state index is -0.522. The van der Waals surface area contributed by atoms with Crippen molar-refractivity contribution >= 4 is 35.5 Å². The summed E-state index contributed by atoms with van der Waals surface area (Å²) in [7, 11) is 0. The highest BCUT2D eigenvalue weighted by molar-refractivity contribution is 7.99. The van der Waals surface area contributed by atoms with Gasteiger partial charge in [-0.1, -0.05) is 11.8 Å². The van der Waals surface area contributed by atoms with Crippen LogP contribution < -0.4 is 10.6 Å². The van der Waals surface area contributed by atoms with Crippen molar-refractivity contribution in [1.82, 2.24) is 15.2 Å². The van der Waals surface area contributed by atoms with Crippen LogP contribution >= 0.6 is 11.8 Å². The smallest absolute Gasteiger partial charge is 0.318 e. The van der Waals surface area contributed by atoms with E-state index in [2.05, 4.69) is 15.2 Å². The predicted octanol–water partition coefficient (Wildman–Crippen LogP) is 4.33. The van der Waals surface area contributed by atoms with E-state index in [1.807, 2.05) is 44.2 Å². The van der Waals surface area contributed by atoms with Crippen LogP contribution in [0.3, 0.4) is 0 Å². The lowest BCUT2D eigenvalue weighted by Gasteiger charge is -2.11. The van der Waals surface area contributed by atoms with E-state index in [0.29, 0.717) is 0 Å². The van der Waals surface area contributed by atoms with Gasteiger partial charge in [0.25, 0.3) is 11.6 Å². The average molecular weight is 434 g/mol. The van der Waals surface area contributed by atoms with Crippen molar-refractivity contribution in [2.75, 3.05) is 0 Å². The Balaban J connectivity index is 1.56. The van der Waals surface area contributed by atoms with Gasteiger partial charge in [0.15, 0.2) is 0 Å². The Kier molecular flexibility index (Phi) is 5.35. The Bertz CT molecular complexity index is 1230. The summed E-state index contributed by atoms with van der Waals surface area (Å²) in [5.41, 5.74) is 4.03. The van der Waals surface area contributed by atoms with Crippen molar-refractivity contribution in [3.63, 3.8) is 0 Å². The van der Waals surface area contributed by atoms with E-state index in [-0.39, 0.29) is 11.4 Å². The molecule has 2 N–H and O–H groups in total. The lowest BCUT2D eigenvalue weighted by Crippen LogP contribution is -2.22. The number of amides is 3. The molecule has 2 heterocycles. The van der Waals surface area contributed by atoms with Crippen molar-refractivity contribution in [1.29, 1.82) is 0 Å². The lowest BCUT2D eigenvalue weighted by atomic mass is 10.2. The summed E-state index contributed by atoms with van der Waals surface area (Å²) < 4.78 is 2.07. The van der Waals surface area contributed by atoms with Crippen LogP contribution in [-0.2, 0) is 4.79 Å². The van der Waals surface area contributed by atoms with E-state index in [4.69, 9.17) is 0 Å². The van der Waals surface area contributed by atoms with E-state index in [1.165, 1.54) is 23.9 Å². The first-order valence-corrected chi connectivity index (χ1v) is 10.2. The second-order valence-electron chi connectivity index (χ2n) is 6.98. The number of nitrogens with zero attached hydrogens (tertiary/aromatic N) is 2. The summed E-state index contributed by atoms with van der Waals surface area (Å²) in [4.78, 5) is 35.4. The fourth-order valence-electron chi connectivity index (χ4n) is 3.40. The summed E-state index contributed by atoms with van der Waals surface area (Å²) in [6.45, 7) is 3.93. The van der Waals surface area contributed by atoms with Crippen LogP contribution in [0.4, 0.5) is 10.5 Å². The quantitative estimate of drug-likeness (QED) is 0.269. The molecular weight excluding hydrogens is 416 g/mol. The number of imide groups is 1. The second kappa shape index (κ2) is 8.11. The van der Waals surface area contributed by atoms with Gasteiger partial charge >= 0.3 is 6.03 Å². The highest BCUT2D eigenvalue weighted by Crippen LogP contribution is 2.30. The van der Waals surface area contributed by atoms with E-state index < -0.39 is 16.9 Å². The maximum atomic E-state index is 11.8. The second-order valence-corrected chi connectivity index (χ2v) is 8.12. The zero-order valence-corrected chi connectivity index (χ0v) is 17.5. The van der Waals surface area contributed by atoms with E-state index >= 15 is 0 Å². The van der Waals surface area contributed by atoms with Gasteiger partial charge in [0, 0.05) is 39.0 Å². The van der Waals surface area contributed by atoms with E-state index in [1.54, 1.807) is 18.2 Å². The molecule has 1 saturated heterocycles. The number of hydrogen-bond acceptors (Lipinski definition) is 5. The number of nitro groups is 1. The molecule has 1 fully saturated rings. The molecule has 156 valence electrons. The van der Waals surface area contributed by atoms with Crippen LogP contribution in [0.15, 0.2) is 70.1 Å². The maximum Gasteiger partial charge on any atom is 0.326 e. The summed E-state index contributed by atoms with van der Waals surface area (Å²) in [6.07, 6.45) is 1.66. The number of rotatable bonds is 5. The van der Waals surface area contributed by atoms with Crippen molar-refractivity contribution < 1.29 is 14.5 Å². The van der Waals surface area contributed by atoms with E-state index in [9.17, 15) is 19.7 Å². The molecule has 1 aliphatic rings. The standard InChI is InChI=1S/C22H18N4O4S/c1-13-11-15(12-20-21(27)24-22(28)23-20)14(2)25(13)16-3-7-18(8-4-16)31-19-9-5-17(6-10-19)26(29)30/h3-12H,1-2H3,(H2,23,24,27,28)/b20-12-. The maximum absolute atomic E-state index is 11.8. The van der Waals surface area contributed by atoms with Crippen molar-refractivity contribution in [2.45, 2.75) is 23.6 Å². The summed E-state index contributed by atoms with van der Waals surface area (Å²) in [6, 6.07) is 15.9. The Morgan fingerprint density at radius 2 is 1.58 bits per heavy atom. The molecule has 3 amide bonds. The summed E-state index contributed by atoms with van der Waals surface area (Å²) >= 11 is 1.52. The zero-order chi connectivity index (χ0) is 22.1. The van der Waals surface area contributed by atoms with Crippen LogP contribution in [0.1, 0.15) is 17.0 Å². The third-order valence-corrected chi connectivity index (χ3v) is 5.88. The highest BCUT2D eigenvalue weighted by Gasteiger charge is 2.23. The van der Waals surface area contributed by atoms with Crippen LogP contribution in [0, 0.1) is 24.0 Å². The van der Waals surface area contributed by atoms with Gasteiger partial charge in [-0.15, -0.1) is 0 Å². The molecule has 0 unspecified atom stereocenters. The molecule has 0 radical (unpaired) electrons. The number of non-ortho nitro benzene ring substituents is 1. The molecule has 0 spiro atoms. The monoisotopic (exact) mass is 434 g/mol. The molecule has 0 atom stereocenters. The van der Waals surface area contributed by atoms with Gasteiger partial charge < -0.3 is 9.88 Å². The Hall–Kier alpha value is -3.85. The molecule has 0 saturated carbocycles. The molecule has 1 aliphatic heterocycles. The first kappa shape index (κ1) is 20.4. The van der Waals surface area contributed by atoms with Gasteiger partial charge in [-0.25, -0.2) is 4.79 Å². The number of nitrogens with one attached hydrogen (secondary N) is 2. The fourth-order valence-corrected chi connectivity index (χ4v) is 4.22. The molecule has 31 heavy (non-hydrogen) atoms. The van der Waals surface area contributed by atoms with Gasteiger partial charge in [-0.2, -0.15) is 0 Å². The highest BCUT2D eigenvalue weighted by atomic mass is 32.2. The van der Waals surface area contributed by atoms with Gasteiger partial charge in [0.1, 0.15) is 5.70 Å². The molecular formula is C22H18N4O4S. The Morgan fingerprint density at radius 1 is 0.968 bits per heavy atom. The molecule has 4 rings (SSSR count). The number of aromatic nitrogens is 1. The largest absolute Gasteiger partial charge is 0.326 e. The number of carbonyl (C=O) groups is 2. The molecule has 0 bridgehead atoms. The molecule has 1 aromatic heterocycles. The minimum Gasteiger partial charge on any atom is -0.318 e. The number of nitro benzene ring substituents is 1. The molecule has 0 aliphatic carbocycles. The third kappa shape index (κ3) is 4.22. The van der Waals surface area contributed by atoms with Crippen LogP contribution in [0.25, 0.3) is 11.8 Å². The van der Waals surface area contributed by atoms with Crippen molar-refractivity contribution in [3.8, 4) is 5.69 Å². The summed E-state index contributed by atoms with van der Waals surface area (Å²) in [5.74, 6) is -0.442. The lowest BCUT2D eigenvalue weighted by molar-refractivity contribution is -0.384. The van der Waals surface area contributed by atoms with Crippen molar-refractivity contribution in [3.05, 3.63) is 87.4 Å². The van der Waals surface area contributed by atoms with Crippen LogP contribution in [0.2, 0.25) is 0 Å². The normalized spacial score (nSPS) is 14.6. The molecule has 9 heteroatoms. The summed E-state index contributed by atoms with van der Waals surface area (Å²) in [5, 5.41) is 15.5. The third-order valence-electron chi connectivity index (χ3n) is 4.87. The Labute approximate surface area is 182 Å². The van der Waals surface area contributed by atoms with Crippen LogP contribution in [0.5, 0.6) is 0 Å². The number of hydrogen-bond donors (Lipinski definition) is 2. The SMILES string of the molecule is Cc1cc(/C=C2\NC(=O)NC2=O)c(C)n1-c1ccc(Sc2ccc([N+](=O)[O-])cc2)cc1. The molecule has 3 aromatic rings. The first-order valence-electron chi connectivity index (χ1n) is 9.37. The molecule has 2 aromatic carbocycles. The van der Waals surface area contributed by atoms with E-state index in [0.717, 1.165) is 32.4 Å². The average Bonchev–Trinajstić information content (AvgIpc) is 3.20. The Morgan fingerprint density at radius 3 is 2.13 bits per heavy atom. The number of urea groups is 1. The van der Waals surface area contributed by atoms with Gasteiger partial charge in [-0.05, 0) is 68.0 Å². The van der Waals surface area contributed by atoms with Crippen molar-refractivity contribution in [2.24, 2.45) is 0 Å². The van der Waals surface area contributed by atoms with Gasteiger partial charge in [0.05, 0.1) is 4.92 Å². The predicted molar refractivity (Wildman–Crippen MR) is 117 cm³/mol. The topological polar surface area (TPSA) is 106 Å². The number of benzene rings is 2. The van der Waals surface area contributed by atoms with Gasteiger partial charge in [0.2, 0.25) is 0 Å². The van der Waals surface area contributed by atoms with Crippen LogP contribution in [-0.4, -0.2) is 21.4 Å². The van der Waals surface area contributed by atoms with Gasteiger partial charge in [-0.3, -0.25) is 20.2 Å². The number of aryl methyl sites for hydroxylation is 1. The first-order chi connectivity index (χ1) is 14.8.